The van der Waals surface area contributed by atoms with Crippen LogP contribution >= 0.6 is 0 Å². The number of nitrogens with zero attached hydrogens (tertiary/aromatic N) is 2. The molecular formula is C23H25F2N3O. The number of halogens is 2. The van der Waals surface area contributed by atoms with Crippen molar-refractivity contribution < 1.29 is 13.9 Å². The second-order valence-electron chi connectivity index (χ2n) is 7.11. The van der Waals surface area contributed by atoms with E-state index < -0.39 is 11.5 Å². The Labute approximate surface area is 169 Å². The fraction of sp³-hybridized carbons (Fsp3) is 0.261. The molecule has 0 aliphatic heterocycles. The number of aliphatic hydroxyl groups is 1. The average Bonchev–Trinajstić information content (AvgIpc) is 3.25. The van der Waals surface area contributed by atoms with Gasteiger partial charge < -0.3 is 10.4 Å². The maximum atomic E-state index is 14.5. The van der Waals surface area contributed by atoms with E-state index in [4.69, 9.17) is 0 Å². The predicted octanol–water partition coefficient (Wildman–Crippen LogP) is 4.44. The second kappa shape index (κ2) is 7.89. The number of hydrogen-bond donors (Lipinski definition) is 2. The Morgan fingerprint density at radius 3 is 2.41 bits per heavy atom. The minimum atomic E-state index is -3.33. The third kappa shape index (κ3) is 3.39. The van der Waals surface area contributed by atoms with Crippen LogP contribution in [-0.2, 0) is 12.1 Å². The van der Waals surface area contributed by atoms with Crippen molar-refractivity contribution in [2.75, 3.05) is 14.1 Å². The molecule has 4 nitrogen and oxygen atoms in total. The highest BCUT2D eigenvalue weighted by molar-refractivity contribution is 5.92. The smallest absolute Gasteiger partial charge is 0.281 e. The highest BCUT2D eigenvalue weighted by Crippen LogP contribution is 2.56. The van der Waals surface area contributed by atoms with Crippen LogP contribution in [0.1, 0.15) is 18.1 Å². The van der Waals surface area contributed by atoms with E-state index in [1.807, 2.05) is 26.4 Å². The van der Waals surface area contributed by atoms with Crippen molar-refractivity contribution in [3.63, 3.8) is 0 Å². The molecule has 1 aliphatic rings. The molecule has 0 amide bonds. The van der Waals surface area contributed by atoms with Crippen molar-refractivity contribution in [2.45, 2.75) is 25.0 Å². The molecule has 6 heteroatoms. The first kappa shape index (κ1) is 20.9. The Balaban J connectivity index is 0.000000755. The van der Waals surface area contributed by atoms with E-state index in [0.29, 0.717) is 17.7 Å². The largest absolute Gasteiger partial charge is 0.374 e. The number of allylic oxidation sites excluding steroid dienone is 1. The van der Waals surface area contributed by atoms with Gasteiger partial charge in [0.1, 0.15) is 0 Å². The molecule has 2 N–H and O–H groups in total. The van der Waals surface area contributed by atoms with Gasteiger partial charge in [0.2, 0.25) is 0 Å². The van der Waals surface area contributed by atoms with E-state index in [1.54, 1.807) is 53.4 Å². The molecule has 1 aromatic heterocycles. The molecule has 0 saturated carbocycles. The number of alkyl halides is 2. The molecule has 0 saturated heterocycles. The maximum Gasteiger partial charge on any atom is 0.281 e. The van der Waals surface area contributed by atoms with Crippen LogP contribution in [0, 0.1) is 0 Å². The standard InChI is InChI=1S/C21H18F2N2O.C2H7N/c1-3-11-25-13-14(12-24-25)15-8-6-10-18-19(15)16-7-4-5-9-17(16)21(18,26)20(2,22)23;1-3-2/h3-10,12-13,26H,1,11H2,2H3;3H,1-2H3. The zero-order valence-electron chi connectivity index (χ0n) is 16.8. The predicted molar refractivity (Wildman–Crippen MR) is 112 cm³/mol. The molecular weight excluding hydrogens is 372 g/mol. The fourth-order valence-corrected chi connectivity index (χ4v) is 3.75. The van der Waals surface area contributed by atoms with Gasteiger partial charge in [0.05, 0.1) is 12.7 Å². The van der Waals surface area contributed by atoms with Gasteiger partial charge in [0, 0.05) is 29.8 Å². The summed E-state index contributed by atoms with van der Waals surface area (Å²) in [4.78, 5) is 0. The normalized spacial score (nSPS) is 17.2. The number of rotatable bonds is 4. The summed E-state index contributed by atoms with van der Waals surface area (Å²) in [5.74, 6) is -3.33. The van der Waals surface area contributed by atoms with Gasteiger partial charge in [0.25, 0.3) is 5.92 Å². The van der Waals surface area contributed by atoms with Crippen molar-refractivity contribution in [3.05, 3.63) is 78.6 Å². The number of benzene rings is 2. The van der Waals surface area contributed by atoms with Crippen molar-refractivity contribution in [3.8, 4) is 22.3 Å². The summed E-state index contributed by atoms with van der Waals surface area (Å²) in [6, 6.07) is 11.9. The summed E-state index contributed by atoms with van der Waals surface area (Å²) in [5.41, 5.74) is 0.927. The first-order valence-corrected chi connectivity index (χ1v) is 9.35. The van der Waals surface area contributed by atoms with Crippen LogP contribution in [0.3, 0.4) is 0 Å². The van der Waals surface area contributed by atoms with Gasteiger partial charge in [-0.25, -0.2) is 8.78 Å². The molecule has 29 heavy (non-hydrogen) atoms. The minimum absolute atomic E-state index is 0.222. The lowest BCUT2D eigenvalue weighted by molar-refractivity contribution is -0.148. The van der Waals surface area contributed by atoms with Crippen LogP contribution in [-0.4, -0.2) is 34.9 Å². The summed E-state index contributed by atoms with van der Waals surface area (Å²) in [5, 5.41) is 18.1. The summed E-state index contributed by atoms with van der Waals surface area (Å²) < 4.78 is 30.8. The highest BCUT2D eigenvalue weighted by Gasteiger charge is 2.56. The van der Waals surface area contributed by atoms with Gasteiger partial charge in [-0.05, 0) is 30.8 Å². The lowest BCUT2D eigenvalue weighted by Gasteiger charge is -2.31. The van der Waals surface area contributed by atoms with Crippen molar-refractivity contribution in [1.82, 2.24) is 15.1 Å². The zero-order valence-corrected chi connectivity index (χ0v) is 16.8. The molecule has 3 aromatic rings. The maximum absolute atomic E-state index is 14.5. The van der Waals surface area contributed by atoms with Crippen LogP contribution < -0.4 is 5.32 Å². The van der Waals surface area contributed by atoms with Crippen LogP contribution in [0.15, 0.2) is 67.5 Å². The Hall–Kier alpha value is -2.83. The first-order chi connectivity index (χ1) is 13.8. The highest BCUT2D eigenvalue weighted by atomic mass is 19.3. The molecule has 0 bridgehead atoms. The molecule has 0 fully saturated rings. The minimum Gasteiger partial charge on any atom is -0.374 e. The summed E-state index contributed by atoms with van der Waals surface area (Å²) in [6.45, 7) is 5.01. The lowest BCUT2D eigenvalue weighted by atomic mass is 9.85. The Morgan fingerprint density at radius 2 is 1.76 bits per heavy atom. The molecule has 1 heterocycles. The third-order valence-electron chi connectivity index (χ3n) is 4.94. The molecule has 152 valence electrons. The molecule has 1 atom stereocenters. The van der Waals surface area contributed by atoms with Gasteiger partial charge in [-0.3, -0.25) is 4.68 Å². The SMILES string of the molecule is C=CCn1cc(-c2cccc3c2-c2ccccc2C3(O)C(C)(F)F)cn1.CNC. The summed E-state index contributed by atoms with van der Waals surface area (Å²) >= 11 is 0. The van der Waals surface area contributed by atoms with Crippen LogP contribution in [0.2, 0.25) is 0 Å². The number of nitrogens with one attached hydrogen (secondary N) is 1. The van der Waals surface area contributed by atoms with Gasteiger partial charge in [-0.1, -0.05) is 48.5 Å². The molecule has 4 rings (SSSR count). The molecule has 2 aromatic carbocycles. The Kier molecular flexibility index (Phi) is 5.68. The van der Waals surface area contributed by atoms with Gasteiger partial charge in [-0.2, -0.15) is 5.10 Å². The first-order valence-electron chi connectivity index (χ1n) is 9.35. The van der Waals surface area contributed by atoms with Crippen molar-refractivity contribution in [2.24, 2.45) is 0 Å². The molecule has 0 spiro atoms. The van der Waals surface area contributed by atoms with Crippen LogP contribution in [0.5, 0.6) is 0 Å². The fourth-order valence-electron chi connectivity index (χ4n) is 3.75. The quantitative estimate of drug-likeness (QED) is 0.640. The van der Waals surface area contributed by atoms with E-state index in [2.05, 4.69) is 17.0 Å². The molecule has 0 radical (unpaired) electrons. The number of hydrogen-bond acceptors (Lipinski definition) is 3. The average molecular weight is 397 g/mol. The van der Waals surface area contributed by atoms with Gasteiger partial charge in [-0.15, -0.1) is 6.58 Å². The van der Waals surface area contributed by atoms with Crippen molar-refractivity contribution >= 4 is 0 Å². The van der Waals surface area contributed by atoms with Crippen molar-refractivity contribution in [1.29, 1.82) is 0 Å². The number of fused-ring (bicyclic) bond motifs is 3. The van der Waals surface area contributed by atoms with E-state index >= 15 is 0 Å². The van der Waals surface area contributed by atoms with E-state index in [-0.39, 0.29) is 11.1 Å². The Morgan fingerprint density at radius 1 is 1.14 bits per heavy atom. The number of aromatic nitrogens is 2. The topological polar surface area (TPSA) is 50.1 Å². The monoisotopic (exact) mass is 397 g/mol. The van der Waals surface area contributed by atoms with Crippen LogP contribution in [0.4, 0.5) is 8.78 Å². The second-order valence-corrected chi connectivity index (χ2v) is 7.11. The van der Waals surface area contributed by atoms with E-state index in [0.717, 1.165) is 18.1 Å². The van der Waals surface area contributed by atoms with E-state index in [9.17, 15) is 13.9 Å². The van der Waals surface area contributed by atoms with Crippen LogP contribution in [0.25, 0.3) is 22.3 Å². The molecule has 1 aliphatic carbocycles. The third-order valence-corrected chi connectivity index (χ3v) is 4.94. The van der Waals surface area contributed by atoms with E-state index in [1.165, 1.54) is 0 Å². The zero-order chi connectivity index (χ0) is 21.2. The summed E-state index contributed by atoms with van der Waals surface area (Å²) in [6.07, 6.45) is 5.28. The Bertz CT molecular complexity index is 1020. The van der Waals surface area contributed by atoms with Gasteiger partial charge >= 0.3 is 0 Å². The van der Waals surface area contributed by atoms with Gasteiger partial charge in [0.15, 0.2) is 5.60 Å². The molecule has 1 unspecified atom stereocenters. The lowest BCUT2D eigenvalue weighted by Crippen LogP contribution is -2.42. The summed E-state index contributed by atoms with van der Waals surface area (Å²) in [7, 11) is 3.75.